The Morgan fingerprint density at radius 2 is 2.15 bits per heavy atom. The molecule has 2 nitrogen and oxygen atoms in total. The Labute approximate surface area is 115 Å². The number of halogens is 3. The highest BCUT2D eigenvalue weighted by Gasteiger charge is 2.39. The molecule has 108 valence electrons. The Hall–Kier alpha value is -1.49. The minimum Gasteiger partial charge on any atom is -0.361 e. The number of hydrogen-bond acceptors (Lipinski definition) is 1. The summed E-state index contributed by atoms with van der Waals surface area (Å²) >= 11 is 0. The quantitative estimate of drug-likeness (QED) is 0.874. The molecule has 1 saturated carbocycles. The number of rotatable bonds is 4. The van der Waals surface area contributed by atoms with E-state index in [-0.39, 0.29) is 0 Å². The van der Waals surface area contributed by atoms with E-state index >= 15 is 0 Å². The van der Waals surface area contributed by atoms with Gasteiger partial charge in [-0.3, -0.25) is 0 Å². The first-order valence-electron chi connectivity index (χ1n) is 6.89. The molecule has 0 aliphatic heterocycles. The highest BCUT2D eigenvalue weighted by atomic mass is 19.4. The van der Waals surface area contributed by atoms with E-state index in [2.05, 4.69) is 17.2 Å². The van der Waals surface area contributed by atoms with Gasteiger partial charge < -0.3 is 10.3 Å². The molecule has 3 rings (SSSR count). The molecule has 20 heavy (non-hydrogen) atoms. The van der Waals surface area contributed by atoms with Crippen LogP contribution in [0.4, 0.5) is 13.2 Å². The van der Waals surface area contributed by atoms with Crippen molar-refractivity contribution in [2.45, 2.75) is 25.4 Å². The lowest BCUT2D eigenvalue weighted by molar-refractivity contribution is -0.137. The summed E-state index contributed by atoms with van der Waals surface area (Å²) in [5.41, 5.74) is 1.12. The van der Waals surface area contributed by atoms with E-state index in [1.54, 1.807) is 6.07 Å². The van der Waals surface area contributed by atoms with Gasteiger partial charge in [-0.2, -0.15) is 13.2 Å². The second kappa shape index (κ2) is 4.81. The maximum absolute atomic E-state index is 12.7. The maximum Gasteiger partial charge on any atom is 0.416 e. The second-order valence-electron chi connectivity index (χ2n) is 5.41. The van der Waals surface area contributed by atoms with Gasteiger partial charge in [-0.15, -0.1) is 0 Å². The molecule has 5 heteroatoms. The molecule has 0 amide bonds. The fraction of sp³-hybridized carbons (Fsp3) is 0.467. The minimum absolute atomic E-state index is 0.472. The number of benzene rings is 1. The maximum atomic E-state index is 12.7. The third-order valence-corrected chi connectivity index (χ3v) is 4.02. The van der Waals surface area contributed by atoms with E-state index < -0.39 is 11.7 Å². The first-order chi connectivity index (χ1) is 9.50. The van der Waals surface area contributed by atoms with Gasteiger partial charge in [-0.25, -0.2) is 0 Å². The molecule has 0 saturated heterocycles. The zero-order valence-electron chi connectivity index (χ0n) is 11.2. The van der Waals surface area contributed by atoms with Gasteiger partial charge in [0, 0.05) is 17.1 Å². The molecular weight excluding hydrogens is 265 g/mol. The van der Waals surface area contributed by atoms with Crippen LogP contribution in [0.2, 0.25) is 0 Å². The van der Waals surface area contributed by atoms with Crippen LogP contribution in [0, 0.1) is 5.92 Å². The van der Waals surface area contributed by atoms with Crippen LogP contribution in [0.25, 0.3) is 10.9 Å². The summed E-state index contributed by atoms with van der Waals surface area (Å²) in [5.74, 6) is 1.08. The van der Waals surface area contributed by atoms with Crippen molar-refractivity contribution in [3.05, 3.63) is 35.5 Å². The first kappa shape index (κ1) is 13.5. The molecule has 2 aromatic rings. The molecule has 2 N–H and O–H groups in total. The van der Waals surface area contributed by atoms with Crippen LogP contribution in [0.5, 0.6) is 0 Å². The number of alkyl halides is 3. The van der Waals surface area contributed by atoms with Crippen molar-refractivity contribution < 1.29 is 13.2 Å². The monoisotopic (exact) mass is 282 g/mol. The molecule has 1 aliphatic carbocycles. The van der Waals surface area contributed by atoms with E-state index in [9.17, 15) is 13.2 Å². The predicted octanol–water partition coefficient (Wildman–Crippen LogP) is 3.90. The predicted molar refractivity (Wildman–Crippen MR) is 72.7 cm³/mol. The molecule has 0 spiro atoms. The fourth-order valence-electron chi connectivity index (χ4n) is 2.82. The SMILES string of the molecule is CCNCC1CC1c1c[nH]c2cc(C(F)(F)F)ccc12. The Bertz CT molecular complexity index is 615. The van der Waals surface area contributed by atoms with Gasteiger partial charge in [0.05, 0.1) is 5.56 Å². The molecule has 0 radical (unpaired) electrons. The normalized spacial score (nSPS) is 22.4. The number of H-pyrrole nitrogens is 1. The Morgan fingerprint density at radius 1 is 1.35 bits per heavy atom. The van der Waals surface area contributed by atoms with Crippen LogP contribution in [-0.2, 0) is 6.18 Å². The Balaban J connectivity index is 1.85. The summed E-state index contributed by atoms with van der Waals surface area (Å²) < 4.78 is 38.0. The van der Waals surface area contributed by atoms with Crippen LogP contribution in [0.3, 0.4) is 0 Å². The highest BCUT2D eigenvalue weighted by Crippen LogP contribution is 2.49. The molecule has 2 atom stereocenters. The summed E-state index contributed by atoms with van der Waals surface area (Å²) in [4.78, 5) is 2.98. The van der Waals surface area contributed by atoms with Crippen LogP contribution >= 0.6 is 0 Å². The van der Waals surface area contributed by atoms with Crippen LogP contribution in [0.15, 0.2) is 24.4 Å². The zero-order valence-corrected chi connectivity index (χ0v) is 11.2. The third-order valence-electron chi connectivity index (χ3n) is 4.02. The molecular formula is C15H17F3N2. The average molecular weight is 282 g/mol. The number of aromatic nitrogens is 1. The number of nitrogens with one attached hydrogen (secondary N) is 2. The van der Waals surface area contributed by atoms with E-state index in [1.807, 2.05) is 6.20 Å². The van der Waals surface area contributed by atoms with Crippen molar-refractivity contribution in [3.8, 4) is 0 Å². The number of aromatic amines is 1. The topological polar surface area (TPSA) is 27.8 Å². The number of fused-ring (bicyclic) bond motifs is 1. The molecule has 1 aromatic carbocycles. The van der Waals surface area contributed by atoms with E-state index in [0.717, 1.165) is 30.5 Å². The van der Waals surface area contributed by atoms with Crippen molar-refractivity contribution in [2.24, 2.45) is 5.92 Å². The van der Waals surface area contributed by atoms with Gasteiger partial charge >= 0.3 is 6.18 Å². The summed E-state index contributed by atoms with van der Waals surface area (Å²) in [5, 5.41) is 4.24. The second-order valence-corrected chi connectivity index (χ2v) is 5.41. The van der Waals surface area contributed by atoms with Gasteiger partial charge in [-0.05, 0) is 49.0 Å². The zero-order chi connectivity index (χ0) is 14.3. The molecule has 1 aliphatic rings. The number of hydrogen-bond donors (Lipinski definition) is 2. The van der Waals surface area contributed by atoms with Gasteiger partial charge in [0.15, 0.2) is 0 Å². The van der Waals surface area contributed by atoms with Gasteiger partial charge in [0.25, 0.3) is 0 Å². The molecule has 1 fully saturated rings. The molecule has 1 aromatic heterocycles. The lowest BCUT2D eigenvalue weighted by atomic mass is 10.1. The lowest BCUT2D eigenvalue weighted by Crippen LogP contribution is -2.16. The van der Waals surface area contributed by atoms with Gasteiger partial charge in [-0.1, -0.05) is 13.0 Å². The Morgan fingerprint density at radius 3 is 2.85 bits per heavy atom. The van der Waals surface area contributed by atoms with Gasteiger partial charge in [0.1, 0.15) is 0 Å². The highest BCUT2D eigenvalue weighted by molar-refractivity contribution is 5.85. The molecule has 0 bridgehead atoms. The van der Waals surface area contributed by atoms with E-state index in [0.29, 0.717) is 17.4 Å². The fourth-order valence-corrected chi connectivity index (χ4v) is 2.82. The van der Waals surface area contributed by atoms with Crippen LogP contribution in [0.1, 0.15) is 30.4 Å². The van der Waals surface area contributed by atoms with E-state index in [1.165, 1.54) is 12.1 Å². The standard InChI is InChI=1S/C15H17F3N2/c1-2-19-7-9-5-12(9)13-8-20-14-6-10(15(16,17)18)3-4-11(13)14/h3-4,6,8-9,12,19-20H,2,5,7H2,1H3. The smallest absolute Gasteiger partial charge is 0.361 e. The molecule has 1 heterocycles. The van der Waals surface area contributed by atoms with Crippen molar-refractivity contribution in [3.63, 3.8) is 0 Å². The summed E-state index contributed by atoms with van der Waals surface area (Å²) in [6.07, 6.45) is -1.31. The van der Waals surface area contributed by atoms with Crippen molar-refractivity contribution in [2.75, 3.05) is 13.1 Å². The third kappa shape index (κ3) is 2.42. The van der Waals surface area contributed by atoms with Crippen molar-refractivity contribution in [1.82, 2.24) is 10.3 Å². The van der Waals surface area contributed by atoms with E-state index in [4.69, 9.17) is 0 Å². The van der Waals surface area contributed by atoms with Crippen molar-refractivity contribution >= 4 is 10.9 Å². The van der Waals surface area contributed by atoms with Crippen LogP contribution in [-0.4, -0.2) is 18.1 Å². The Kier molecular flexibility index (Phi) is 3.24. The summed E-state index contributed by atoms with van der Waals surface area (Å²) in [7, 11) is 0. The first-order valence-corrected chi connectivity index (χ1v) is 6.89. The summed E-state index contributed by atoms with van der Waals surface area (Å²) in [6.45, 7) is 4.00. The largest absolute Gasteiger partial charge is 0.416 e. The molecule has 2 unspecified atom stereocenters. The van der Waals surface area contributed by atoms with Gasteiger partial charge in [0.2, 0.25) is 0 Å². The van der Waals surface area contributed by atoms with Crippen LogP contribution < -0.4 is 5.32 Å². The van der Waals surface area contributed by atoms with Crippen molar-refractivity contribution in [1.29, 1.82) is 0 Å². The average Bonchev–Trinajstić information content (AvgIpc) is 3.04. The summed E-state index contributed by atoms with van der Waals surface area (Å²) in [6, 6.07) is 3.95. The minimum atomic E-state index is -4.29. The lowest BCUT2D eigenvalue weighted by Gasteiger charge is -2.06.